The van der Waals surface area contributed by atoms with E-state index in [0.717, 1.165) is 17.9 Å². The second-order valence-electron chi connectivity index (χ2n) is 1.86. The second-order valence-corrected chi connectivity index (χ2v) is 3.48. The van der Waals surface area contributed by atoms with Crippen LogP contribution in [0.5, 0.6) is 0 Å². The van der Waals surface area contributed by atoms with Crippen LogP contribution in [0.1, 0.15) is 6.42 Å². The van der Waals surface area contributed by atoms with Crippen molar-refractivity contribution in [1.82, 2.24) is 0 Å². The van der Waals surface area contributed by atoms with E-state index < -0.39 is 11.2 Å². The van der Waals surface area contributed by atoms with Crippen LogP contribution in [0.15, 0.2) is 0 Å². The summed E-state index contributed by atoms with van der Waals surface area (Å²) in [5, 5.41) is 0. The van der Waals surface area contributed by atoms with Crippen LogP contribution in [0, 0.1) is 0 Å². The van der Waals surface area contributed by atoms with Gasteiger partial charge in [0, 0.05) is 6.42 Å². The molecule has 1 aliphatic heterocycles. The summed E-state index contributed by atoms with van der Waals surface area (Å²) in [5.41, 5.74) is 5.43. The highest BCUT2D eigenvalue weighted by atomic mass is 35.5. The predicted molar refractivity (Wildman–Crippen MR) is 37.7 cm³/mol. The van der Waals surface area contributed by atoms with E-state index in [0.29, 0.717) is 0 Å². The molecule has 1 heterocycles. The Labute approximate surface area is 58.4 Å². The van der Waals surface area contributed by atoms with Gasteiger partial charge in [0.25, 0.3) is 0 Å². The number of hydrogen-bond donors (Lipinski definition) is 1. The van der Waals surface area contributed by atoms with E-state index in [1.807, 2.05) is 0 Å². The molecule has 1 rings (SSSR count). The maximum atomic E-state index is 10.5. The standard InChI is InChI=1S/C4H9NOS.ClH/c5-4-1-2-7(6)3-4;/h4H,1-3,5H2;1H/t4-,7-;/m0./s1. The Morgan fingerprint density at radius 3 is 2.38 bits per heavy atom. The minimum absolute atomic E-state index is 0. The lowest BCUT2D eigenvalue weighted by molar-refractivity contribution is 0.600. The van der Waals surface area contributed by atoms with E-state index in [-0.39, 0.29) is 18.4 Å². The molecule has 1 saturated heterocycles. The number of halogens is 1. The van der Waals surface area contributed by atoms with Crippen LogP contribution in [0.4, 0.5) is 0 Å². The molecule has 2 nitrogen and oxygen atoms in total. The van der Waals surface area contributed by atoms with Gasteiger partial charge in [0.1, 0.15) is 11.5 Å². The summed E-state index contributed by atoms with van der Waals surface area (Å²) in [6, 6.07) is 0.223. The summed E-state index contributed by atoms with van der Waals surface area (Å²) in [5.74, 6) is 1.54. The van der Waals surface area contributed by atoms with Gasteiger partial charge in [-0.1, -0.05) is 11.2 Å². The lowest BCUT2D eigenvalue weighted by atomic mass is 10.3. The van der Waals surface area contributed by atoms with Crippen LogP contribution in [0.3, 0.4) is 0 Å². The lowest BCUT2D eigenvalue weighted by Gasteiger charge is -1.98. The molecule has 0 aromatic carbocycles. The van der Waals surface area contributed by atoms with E-state index in [1.54, 1.807) is 0 Å². The van der Waals surface area contributed by atoms with Gasteiger partial charge in [-0.15, -0.1) is 12.4 Å². The summed E-state index contributed by atoms with van der Waals surface area (Å²) in [6.45, 7) is 0. The molecule has 2 N–H and O–H groups in total. The maximum absolute atomic E-state index is 10.5. The average Bonchev–Trinajstić information content (AvgIpc) is 1.87. The van der Waals surface area contributed by atoms with Crippen LogP contribution < -0.4 is 5.73 Å². The van der Waals surface area contributed by atoms with E-state index in [4.69, 9.17) is 5.73 Å². The van der Waals surface area contributed by atoms with Gasteiger partial charge >= 0.3 is 0 Å². The van der Waals surface area contributed by atoms with E-state index in [2.05, 4.69) is 0 Å². The molecule has 0 aromatic heterocycles. The van der Waals surface area contributed by atoms with Gasteiger partial charge in [-0.25, -0.2) is 0 Å². The van der Waals surface area contributed by atoms with E-state index in [1.165, 1.54) is 0 Å². The minimum Gasteiger partial charge on any atom is -0.616 e. The Hall–Kier alpha value is 0.560. The van der Waals surface area contributed by atoms with Gasteiger partial charge in [0.05, 0.1) is 6.04 Å². The van der Waals surface area contributed by atoms with Crippen LogP contribution >= 0.6 is 12.4 Å². The first kappa shape index (κ1) is 8.56. The van der Waals surface area contributed by atoms with E-state index in [9.17, 15) is 4.55 Å². The Morgan fingerprint density at radius 1 is 1.62 bits per heavy atom. The predicted octanol–water partition coefficient (Wildman–Crippen LogP) is -0.112. The van der Waals surface area contributed by atoms with Crippen molar-refractivity contribution < 1.29 is 4.55 Å². The summed E-state index contributed by atoms with van der Waals surface area (Å²) < 4.78 is 10.5. The van der Waals surface area contributed by atoms with Crippen molar-refractivity contribution in [3.8, 4) is 0 Å². The molecule has 0 unspecified atom stereocenters. The van der Waals surface area contributed by atoms with Crippen molar-refractivity contribution in [3.05, 3.63) is 0 Å². The van der Waals surface area contributed by atoms with Gasteiger partial charge in [-0.05, 0) is 0 Å². The van der Waals surface area contributed by atoms with E-state index >= 15 is 0 Å². The van der Waals surface area contributed by atoms with Crippen molar-refractivity contribution in [3.63, 3.8) is 0 Å². The Balaban J connectivity index is 0.000000490. The number of rotatable bonds is 0. The van der Waals surface area contributed by atoms with Crippen molar-refractivity contribution in [1.29, 1.82) is 0 Å². The first-order chi connectivity index (χ1) is 3.29. The van der Waals surface area contributed by atoms with Crippen LogP contribution in [-0.2, 0) is 11.2 Å². The molecule has 50 valence electrons. The van der Waals surface area contributed by atoms with Crippen molar-refractivity contribution in [2.24, 2.45) is 5.73 Å². The summed E-state index contributed by atoms with van der Waals surface area (Å²) >= 11 is -0.578. The fraction of sp³-hybridized carbons (Fsp3) is 1.00. The Kier molecular flexibility index (Phi) is 3.81. The third-order valence-corrected chi connectivity index (χ3v) is 2.61. The zero-order valence-corrected chi connectivity index (χ0v) is 6.13. The smallest absolute Gasteiger partial charge is 0.120 e. The average molecular weight is 156 g/mol. The zero-order chi connectivity index (χ0) is 5.28. The fourth-order valence-corrected chi connectivity index (χ4v) is 2.06. The maximum Gasteiger partial charge on any atom is 0.120 e. The first-order valence-corrected chi connectivity index (χ1v) is 3.88. The third-order valence-electron chi connectivity index (χ3n) is 1.12. The van der Waals surface area contributed by atoms with Crippen LogP contribution in [-0.4, -0.2) is 22.1 Å². The van der Waals surface area contributed by atoms with Crippen molar-refractivity contribution >= 4 is 23.6 Å². The molecule has 1 fully saturated rings. The summed E-state index contributed by atoms with van der Waals surface area (Å²) in [6.07, 6.45) is 0.951. The molecule has 2 atom stereocenters. The fourth-order valence-electron chi connectivity index (χ4n) is 0.688. The quantitative estimate of drug-likeness (QED) is 0.497. The third kappa shape index (κ3) is 2.22. The second kappa shape index (κ2) is 3.56. The highest BCUT2D eigenvalue weighted by molar-refractivity contribution is 7.91. The topological polar surface area (TPSA) is 49.1 Å². The van der Waals surface area contributed by atoms with Gasteiger partial charge in [-0.3, -0.25) is 0 Å². The highest BCUT2D eigenvalue weighted by Crippen LogP contribution is 2.07. The molecule has 4 heteroatoms. The molecule has 0 spiro atoms. The number of nitrogens with two attached hydrogens (primary N) is 1. The minimum atomic E-state index is -0.578. The molecule has 0 bridgehead atoms. The van der Waals surface area contributed by atoms with Crippen LogP contribution in [0.2, 0.25) is 0 Å². The summed E-state index contributed by atoms with van der Waals surface area (Å²) in [7, 11) is 0. The number of hydrogen-bond acceptors (Lipinski definition) is 2. The largest absolute Gasteiger partial charge is 0.616 e. The monoisotopic (exact) mass is 155 g/mol. The van der Waals surface area contributed by atoms with Crippen molar-refractivity contribution in [2.45, 2.75) is 12.5 Å². The van der Waals surface area contributed by atoms with Gasteiger partial charge < -0.3 is 10.3 Å². The van der Waals surface area contributed by atoms with Crippen molar-refractivity contribution in [2.75, 3.05) is 11.5 Å². The molecule has 0 radical (unpaired) electrons. The zero-order valence-electron chi connectivity index (χ0n) is 4.50. The van der Waals surface area contributed by atoms with Crippen LogP contribution in [0.25, 0.3) is 0 Å². The normalized spacial score (nSPS) is 36.8. The molecule has 0 aromatic rings. The summed E-state index contributed by atoms with van der Waals surface area (Å²) in [4.78, 5) is 0. The lowest BCUT2D eigenvalue weighted by Crippen LogP contribution is -2.20. The molecular formula is C4H10ClNOS. The van der Waals surface area contributed by atoms with Gasteiger partial charge in [0.2, 0.25) is 0 Å². The molecule has 8 heavy (non-hydrogen) atoms. The SMILES string of the molecule is Cl.N[C@H]1CC[S@+]([O-])C1. The molecule has 0 amide bonds. The molecule has 0 aliphatic carbocycles. The first-order valence-electron chi connectivity index (χ1n) is 2.39. The molecular weight excluding hydrogens is 146 g/mol. The highest BCUT2D eigenvalue weighted by Gasteiger charge is 2.21. The Bertz CT molecular complexity index is 65.1. The van der Waals surface area contributed by atoms with Gasteiger partial charge in [0.15, 0.2) is 0 Å². The van der Waals surface area contributed by atoms with Gasteiger partial charge in [-0.2, -0.15) is 0 Å². The Morgan fingerprint density at radius 2 is 2.25 bits per heavy atom. The molecule has 1 aliphatic rings. The molecule has 0 saturated carbocycles.